The van der Waals surface area contributed by atoms with Gasteiger partial charge in [-0.05, 0) is 42.2 Å². The summed E-state index contributed by atoms with van der Waals surface area (Å²) >= 11 is 12.1. The molecule has 0 spiro atoms. The standard InChI is InChI=1S/C19H16Cl2FNO2/c1-25-18(24)13-3-2-4-14(17(13)22)19-8-11(19)9-23(10-19)12-5-6-15(20)16(21)7-12/h2-7,11H,8-10H2,1H3. The van der Waals surface area contributed by atoms with Crippen LogP contribution in [0.1, 0.15) is 22.3 Å². The highest BCUT2D eigenvalue weighted by Gasteiger charge is 2.62. The molecule has 1 saturated carbocycles. The maximum Gasteiger partial charge on any atom is 0.340 e. The first-order valence-corrected chi connectivity index (χ1v) is 8.79. The van der Waals surface area contributed by atoms with Crippen molar-refractivity contribution in [2.45, 2.75) is 11.8 Å². The first-order chi connectivity index (χ1) is 12.0. The van der Waals surface area contributed by atoms with Crippen molar-refractivity contribution in [3.8, 4) is 0 Å². The predicted molar refractivity (Wildman–Crippen MR) is 96.2 cm³/mol. The average molecular weight is 380 g/mol. The molecule has 2 aliphatic rings. The lowest BCUT2D eigenvalue weighted by Gasteiger charge is -2.24. The molecule has 1 aliphatic carbocycles. The molecule has 4 rings (SSSR count). The van der Waals surface area contributed by atoms with Crippen molar-refractivity contribution in [1.29, 1.82) is 0 Å². The Kier molecular flexibility index (Phi) is 3.93. The van der Waals surface area contributed by atoms with Crippen LogP contribution in [0.2, 0.25) is 10.0 Å². The summed E-state index contributed by atoms with van der Waals surface area (Å²) in [5, 5.41) is 1.02. The number of fused-ring (bicyclic) bond motifs is 1. The summed E-state index contributed by atoms with van der Waals surface area (Å²) in [6, 6.07) is 10.5. The van der Waals surface area contributed by atoms with Gasteiger partial charge in [-0.1, -0.05) is 35.3 Å². The summed E-state index contributed by atoms with van der Waals surface area (Å²) < 4.78 is 19.6. The van der Waals surface area contributed by atoms with E-state index in [-0.39, 0.29) is 11.0 Å². The minimum Gasteiger partial charge on any atom is -0.465 e. The molecule has 25 heavy (non-hydrogen) atoms. The van der Waals surface area contributed by atoms with Crippen molar-refractivity contribution in [1.82, 2.24) is 0 Å². The van der Waals surface area contributed by atoms with Gasteiger partial charge in [-0.15, -0.1) is 0 Å². The molecule has 6 heteroatoms. The molecule has 2 aromatic rings. The fourth-order valence-corrected chi connectivity index (χ4v) is 4.25. The van der Waals surface area contributed by atoms with Crippen molar-refractivity contribution >= 4 is 34.9 Å². The van der Waals surface area contributed by atoms with Gasteiger partial charge in [0.15, 0.2) is 0 Å². The molecule has 1 aliphatic heterocycles. The van der Waals surface area contributed by atoms with Gasteiger partial charge in [-0.25, -0.2) is 9.18 Å². The summed E-state index contributed by atoms with van der Waals surface area (Å²) in [5.74, 6) is -0.746. The monoisotopic (exact) mass is 379 g/mol. The number of rotatable bonds is 3. The number of esters is 1. The van der Waals surface area contributed by atoms with Gasteiger partial charge < -0.3 is 9.64 Å². The molecule has 2 atom stereocenters. The Bertz CT molecular complexity index is 872. The molecule has 0 N–H and O–H groups in total. The van der Waals surface area contributed by atoms with Gasteiger partial charge in [-0.2, -0.15) is 0 Å². The van der Waals surface area contributed by atoms with Gasteiger partial charge in [0.25, 0.3) is 0 Å². The van der Waals surface area contributed by atoms with Crippen molar-refractivity contribution in [3.05, 3.63) is 63.4 Å². The molecule has 0 aromatic heterocycles. The van der Waals surface area contributed by atoms with E-state index in [1.165, 1.54) is 13.2 Å². The predicted octanol–water partition coefficient (Wildman–Crippen LogP) is 4.70. The number of methoxy groups -OCH3 is 1. The van der Waals surface area contributed by atoms with Crippen molar-refractivity contribution in [2.24, 2.45) is 5.92 Å². The minimum atomic E-state index is -0.646. The van der Waals surface area contributed by atoms with Gasteiger partial charge in [0.2, 0.25) is 0 Å². The molecule has 3 nitrogen and oxygen atoms in total. The molecule has 2 fully saturated rings. The fourth-order valence-electron chi connectivity index (χ4n) is 3.96. The zero-order chi connectivity index (χ0) is 17.8. The van der Waals surface area contributed by atoms with Crippen LogP contribution >= 0.6 is 23.2 Å². The smallest absolute Gasteiger partial charge is 0.340 e. The average Bonchev–Trinajstić information content (AvgIpc) is 3.18. The van der Waals surface area contributed by atoms with Crippen LogP contribution in [0.3, 0.4) is 0 Å². The van der Waals surface area contributed by atoms with Crippen LogP contribution in [0.4, 0.5) is 10.1 Å². The van der Waals surface area contributed by atoms with E-state index < -0.39 is 11.8 Å². The third-order valence-corrected chi connectivity index (χ3v) is 6.09. The lowest BCUT2D eigenvalue weighted by Crippen LogP contribution is -2.27. The van der Waals surface area contributed by atoms with Crippen LogP contribution in [0.25, 0.3) is 0 Å². The first kappa shape index (κ1) is 16.7. The number of nitrogens with zero attached hydrogens (tertiary/aromatic N) is 1. The van der Waals surface area contributed by atoms with Gasteiger partial charge in [0.05, 0.1) is 22.7 Å². The number of hydrogen-bond acceptors (Lipinski definition) is 3. The SMILES string of the molecule is COC(=O)c1cccc(C23CC2CN(c2ccc(Cl)c(Cl)c2)C3)c1F. The van der Waals surface area contributed by atoms with Crippen LogP contribution in [0.15, 0.2) is 36.4 Å². The largest absolute Gasteiger partial charge is 0.465 e. The van der Waals surface area contributed by atoms with Gasteiger partial charge >= 0.3 is 5.97 Å². The Morgan fingerprint density at radius 3 is 2.80 bits per heavy atom. The second kappa shape index (κ2) is 5.89. The topological polar surface area (TPSA) is 29.5 Å². The van der Waals surface area contributed by atoms with Gasteiger partial charge in [0, 0.05) is 24.2 Å². The summed E-state index contributed by atoms with van der Waals surface area (Å²) in [5.41, 5.74) is 1.32. The molecule has 0 amide bonds. The second-order valence-corrected chi connectivity index (χ2v) is 7.51. The van der Waals surface area contributed by atoms with Gasteiger partial charge in [0.1, 0.15) is 5.82 Å². The maximum absolute atomic E-state index is 14.9. The zero-order valence-corrected chi connectivity index (χ0v) is 15.1. The van der Waals surface area contributed by atoms with Crippen molar-refractivity contribution in [3.63, 3.8) is 0 Å². The van der Waals surface area contributed by atoms with Crippen LogP contribution < -0.4 is 4.90 Å². The Balaban J connectivity index is 1.65. The third kappa shape index (κ3) is 2.59. The normalized spacial score (nSPS) is 24.2. The minimum absolute atomic E-state index is 0.00647. The molecule has 1 heterocycles. The molecular weight excluding hydrogens is 364 g/mol. The molecular formula is C19H16Cl2FNO2. The third-order valence-electron chi connectivity index (χ3n) is 5.35. The van der Waals surface area contributed by atoms with E-state index in [2.05, 4.69) is 9.64 Å². The van der Waals surface area contributed by atoms with E-state index in [4.69, 9.17) is 23.2 Å². The number of benzene rings is 2. The number of carbonyl (C=O) groups excluding carboxylic acids is 1. The van der Waals surface area contributed by atoms with E-state index in [0.717, 1.165) is 18.7 Å². The quantitative estimate of drug-likeness (QED) is 0.724. The molecule has 1 saturated heterocycles. The summed E-state index contributed by atoms with van der Waals surface area (Å²) in [6.07, 6.45) is 0.923. The Hall–Kier alpha value is -1.78. The first-order valence-electron chi connectivity index (χ1n) is 8.03. The number of ether oxygens (including phenoxy) is 1. The van der Waals surface area contributed by atoms with E-state index >= 15 is 0 Å². The lowest BCUT2D eigenvalue weighted by atomic mass is 9.92. The van der Waals surface area contributed by atoms with Crippen molar-refractivity contribution < 1.29 is 13.9 Å². The lowest BCUT2D eigenvalue weighted by molar-refractivity contribution is 0.0595. The Morgan fingerprint density at radius 1 is 1.28 bits per heavy atom. The van der Waals surface area contributed by atoms with E-state index in [9.17, 15) is 9.18 Å². The summed E-state index contributed by atoms with van der Waals surface area (Å²) in [6.45, 7) is 1.52. The molecule has 0 bridgehead atoms. The highest BCUT2D eigenvalue weighted by molar-refractivity contribution is 6.42. The zero-order valence-electron chi connectivity index (χ0n) is 13.6. The molecule has 130 valence electrons. The highest BCUT2D eigenvalue weighted by Crippen LogP contribution is 2.60. The number of anilines is 1. The van der Waals surface area contributed by atoms with E-state index in [0.29, 0.717) is 28.1 Å². The molecule has 2 aromatic carbocycles. The number of halogens is 3. The van der Waals surface area contributed by atoms with Crippen LogP contribution in [0, 0.1) is 11.7 Å². The maximum atomic E-state index is 14.9. The number of hydrogen-bond donors (Lipinski definition) is 0. The Labute approximate surface area is 155 Å². The molecule has 2 unspecified atom stereocenters. The second-order valence-electron chi connectivity index (χ2n) is 6.69. The van der Waals surface area contributed by atoms with Crippen LogP contribution in [-0.4, -0.2) is 26.2 Å². The fraction of sp³-hybridized carbons (Fsp3) is 0.316. The van der Waals surface area contributed by atoms with Crippen LogP contribution in [-0.2, 0) is 10.2 Å². The van der Waals surface area contributed by atoms with Crippen LogP contribution in [0.5, 0.6) is 0 Å². The summed E-state index contributed by atoms with van der Waals surface area (Å²) in [4.78, 5) is 14.0. The molecule has 0 radical (unpaired) electrons. The number of piperidine rings is 1. The Morgan fingerprint density at radius 2 is 2.08 bits per heavy atom. The van der Waals surface area contributed by atoms with Crippen molar-refractivity contribution in [2.75, 3.05) is 25.1 Å². The van der Waals surface area contributed by atoms with E-state index in [1.807, 2.05) is 12.1 Å². The number of carbonyl (C=O) groups is 1. The summed E-state index contributed by atoms with van der Waals surface area (Å²) in [7, 11) is 1.26. The highest BCUT2D eigenvalue weighted by atomic mass is 35.5. The van der Waals surface area contributed by atoms with Gasteiger partial charge in [-0.3, -0.25) is 0 Å². The van der Waals surface area contributed by atoms with E-state index in [1.54, 1.807) is 18.2 Å².